The Morgan fingerprint density at radius 2 is 1.73 bits per heavy atom. The topological polar surface area (TPSA) is 29.1 Å². The van der Waals surface area contributed by atoms with Gasteiger partial charge in [0.05, 0.1) is 0 Å². The van der Waals surface area contributed by atoms with Crippen molar-refractivity contribution in [1.29, 1.82) is 0 Å². The van der Waals surface area contributed by atoms with Crippen LogP contribution in [0, 0.1) is 5.92 Å². The third-order valence-corrected chi connectivity index (χ3v) is 1.71. The van der Waals surface area contributed by atoms with Crippen molar-refractivity contribution in [1.82, 2.24) is 5.32 Å². The van der Waals surface area contributed by atoms with E-state index in [1.54, 1.807) is 0 Å². The molecule has 0 aliphatic rings. The van der Waals surface area contributed by atoms with Gasteiger partial charge in [0.1, 0.15) is 0 Å². The van der Waals surface area contributed by atoms with Gasteiger partial charge in [-0.25, -0.2) is 0 Å². The summed E-state index contributed by atoms with van der Waals surface area (Å²) < 4.78 is 0. The summed E-state index contributed by atoms with van der Waals surface area (Å²) in [6.45, 7) is 8.88. The van der Waals surface area contributed by atoms with Crippen LogP contribution in [0.2, 0.25) is 0 Å². The van der Waals surface area contributed by atoms with Gasteiger partial charge in [-0.1, -0.05) is 45.9 Å². The zero-order valence-electron chi connectivity index (χ0n) is 10.1. The lowest BCUT2D eigenvalue weighted by Gasteiger charge is -2.06. The van der Waals surface area contributed by atoms with Crippen LogP contribution in [0.25, 0.3) is 0 Å². The summed E-state index contributed by atoms with van der Waals surface area (Å²) in [6, 6.07) is 9.26. The number of nitrogens with one attached hydrogen (secondary N) is 1. The molecule has 1 N–H and O–H groups in total. The molecule has 1 amide bonds. The van der Waals surface area contributed by atoms with E-state index < -0.39 is 0 Å². The molecule has 1 aromatic rings. The van der Waals surface area contributed by atoms with Crippen LogP contribution in [-0.4, -0.2) is 12.5 Å². The number of carbonyl (C=O) groups excluding carboxylic acids is 1. The fourth-order valence-electron chi connectivity index (χ4n) is 0.988. The summed E-state index contributed by atoms with van der Waals surface area (Å²) in [7, 11) is 0. The SMILES string of the molecule is CC.CC(C)CNC(=O)c1ccccc1. The Labute approximate surface area is 92.7 Å². The third-order valence-electron chi connectivity index (χ3n) is 1.71. The second kappa shape index (κ2) is 8.04. The average molecular weight is 207 g/mol. The standard InChI is InChI=1S/C11H15NO.C2H6/c1-9(2)8-12-11(13)10-6-4-3-5-7-10;1-2/h3-7,9H,8H2,1-2H3,(H,12,13);1-2H3. The van der Waals surface area contributed by atoms with E-state index in [0.717, 1.165) is 12.1 Å². The molecule has 0 atom stereocenters. The molecule has 0 saturated heterocycles. The van der Waals surface area contributed by atoms with Gasteiger partial charge in [0.2, 0.25) is 0 Å². The molecule has 0 radical (unpaired) electrons. The zero-order valence-corrected chi connectivity index (χ0v) is 10.1. The van der Waals surface area contributed by atoms with Crippen LogP contribution in [0.4, 0.5) is 0 Å². The van der Waals surface area contributed by atoms with Crippen molar-refractivity contribution in [3.8, 4) is 0 Å². The van der Waals surface area contributed by atoms with Gasteiger partial charge >= 0.3 is 0 Å². The predicted molar refractivity (Wildman–Crippen MR) is 65.0 cm³/mol. The fraction of sp³-hybridized carbons (Fsp3) is 0.462. The minimum Gasteiger partial charge on any atom is -0.352 e. The molecule has 0 fully saturated rings. The van der Waals surface area contributed by atoms with Crippen molar-refractivity contribution in [2.75, 3.05) is 6.54 Å². The molecule has 84 valence electrons. The minimum absolute atomic E-state index is 0.00861. The summed E-state index contributed by atoms with van der Waals surface area (Å²) in [5, 5.41) is 2.86. The summed E-state index contributed by atoms with van der Waals surface area (Å²) in [5.41, 5.74) is 0.725. The smallest absolute Gasteiger partial charge is 0.251 e. The highest BCUT2D eigenvalue weighted by Crippen LogP contribution is 1.98. The Kier molecular flexibility index (Phi) is 7.33. The highest BCUT2D eigenvalue weighted by molar-refractivity contribution is 5.94. The first kappa shape index (κ1) is 13.7. The van der Waals surface area contributed by atoms with Gasteiger partial charge in [-0.15, -0.1) is 0 Å². The molecule has 1 rings (SSSR count). The van der Waals surface area contributed by atoms with Crippen molar-refractivity contribution in [3.63, 3.8) is 0 Å². The zero-order chi connectivity index (χ0) is 11.7. The van der Waals surface area contributed by atoms with Gasteiger partial charge < -0.3 is 5.32 Å². The second-order valence-electron chi connectivity index (χ2n) is 3.47. The van der Waals surface area contributed by atoms with Crippen molar-refractivity contribution in [2.24, 2.45) is 5.92 Å². The maximum absolute atomic E-state index is 11.4. The first-order valence-electron chi connectivity index (χ1n) is 5.53. The molecule has 2 heteroatoms. The van der Waals surface area contributed by atoms with E-state index in [4.69, 9.17) is 0 Å². The van der Waals surface area contributed by atoms with Gasteiger partial charge in [0, 0.05) is 12.1 Å². The summed E-state index contributed by atoms with van der Waals surface area (Å²) in [5.74, 6) is 0.502. The molecule has 0 unspecified atom stereocenters. The van der Waals surface area contributed by atoms with Crippen LogP contribution in [0.15, 0.2) is 30.3 Å². The van der Waals surface area contributed by atoms with Crippen LogP contribution >= 0.6 is 0 Å². The largest absolute Gasteiger partial charge is 0.352 e. The number of benzene rings is 1. The van der Waals surface area contributed by atoms with E-state index in [1.807, 2.05) is 44.2 Å². The van der Waals surface area contributed by atoms with Crippen molar-refractivity contribution in [3.05, 3.63) is 35.9 Å². The molecule has 0 spiro atoms. The molecule has 0 aromatic heterocycles. The van der Waals surface area contributed by atoms with Gasteiger partial charge in [0.15, 0.2) is 0 Å². The van der Waals surface area contributed by atoms with Crippen LogP contribution in [0.1, 0.15) is 38.1 Å². The monoisotopic (exact) mass is 207 g/mol. The molecule has 2 nitrogen and oxygen atoms in total. The number of carbonyl (C=O) groups is 1. The molecule has 0 bridgehead atoms. The van der Waals surface area contributed by atoms with E-state index in [2.05, 4.69) is 19.2 Å². The average Bonchev–Trinajstić information content (AvgIpc) is 2.30. The van der Waals surface area contributed by atoms with Gasteiger partial charge in [-0.3, -0.25) is 4.79 Å². The van der Waals surface area contributed by atoms with Gasteiger partial charge in [-0.05, 0) is 18.1 Å². The molecule has 1 aromatic carbocycles. The fourth-order valence-corrected chi connectivity index (χ4v) is 0.988. The van der Waals surface area contributed by atoms with Crippen molar-refractivity contribution >= 4 is 5.91 Å². The first-order valence-corrected chi connectivity index (χ1v) is 5.53. The minimum atomic E-state index is 0.00861. The Morgan fingerprint density at radius 1 is 1.20 bits per heavy atom. The normalized spacial score (nSPS) is 9.13. The van der Waals surface area contributed by atoms with Gasteiger partial charge in [-0.2, -0.15) is 0 Å². The van der Waals surface area contributed by atoms with E-state index in [1.165, 1.54) is 0 Å². The molecular weight excluding hydrogens is 186 g/mol. The summed E-state index contributed by atoms with van der Waals surface area (Å²) >= 11 is 0. The quantitative estimate of drug-likeness (QED) is 0.810. The van der Waals surface area contributed by atoms with E-state index in [0.29, 0.717) is 5.92 Å². The number of amides is 1. The van der Waals surface area contributed by atoms with Crippen LogP contribution in [-0.2, 0) is 0 Å². The summed E-state index contributed by atoms with van der Waals surface area (Å²) in [4.78, 5) is 11.4. The van der Waals surface area contributed by atoms with Crippen LogP contribution in [0.5, 0.6) is 0 Å². The maximum Gasteiger partial charge on any atom is 0.251 e. The lowest BCUT2D eigenvalue weighted by molar-refractivity contribution is 0.0949. The molecule has 15 heavy (non-hydrogen) atoms. The molecular formula is C13H21NO. The predicted octanol–water partition coefficient (Wildman–Crippen LogP) is 3.10. The Bertz CT molecular complexity index is 267. The number of hydrogen-bond acceptors (Lipinski definition) is 1. The molecule has 0 aliphatic carbocycles. The van der Waals surface area contributed by atoms with E-state index in [-0.39, 0.29) is 5.91 Å². The Hall–Kier alpha value is -1.31. The molecule has 0 heterocycles. The lowest BCUT2D eigenvalue weighted by Crippen LogP contribution is -2.27. The van der Waals surface area contributed by atoms with Crippen molar-refractivity contribution < 1.29 is 4.79 Å². The lowest BCUT2D eigenvalue weighted by atomic mass is 10.2. The maximum atomic E-state index is 11.4. The summed E-state index contributed by atoms with van der Waals surface area (Å²) in [6.07, 6.45) is 0. The highest BCUT2D eigenvalue weighted by atomic mass is 16.1. The number of hydrogen-bond donors (Lipinski definition) is 1. The molecule has 0 aliphatic heterocycles. The van der Waals surface area contributed by atoms with Crippen LogP contribution < -0.4 is 5.32 Å². The number of rotatable bonds is 3. The Morgan fingerprint density at radius 3 is 2.20 bits per heavy atom. The third kappa shape index (κ3) is 5.89. The molecule has 0 saturated carbocycles. The first-order chi connectivity index (χ1) is 7.20. The second-order valence-corrected chi connectivity index (χ2v) is 3.47. The van der Waals surface area contributed by atoms with Crippen LogP contribution in [0.3, 0.4) is 0 Å². The van der Waals surface area contributed by atoms with Gasteiger partial charge in [0.25, 0.3) is 5.91 Å². The highest BCUT2D eigenvalue weighted by Gasteiger charge is 2.03. The van der Waals surface area contributed by atoms with E-state index in [9.17, 15) is 4.79 Å². The Balaban J connectivity index is 0.000000921. The van der Waals surface area contributed by atoms with E-state index >= 15 is 0 Å². The van der Waals surface area contributed by atoms with Crippen molar-refractivity contribution in [2.45, 2.75) is 27.7 Å².